The van der Waals surface area contributed by atoms with Crippen LogP contribution in [0.4, 0.5) is 5.82 Å². The maximum absolute atomic E-state index is 13.1. The van der Waals surface area contributed by atoms with Crippen molar-refractivity contribution < 1.29 is 104 Å². The third-order valence-electron chi connectivity index (χ3n) is 13.2. The minimum atomic E-state index is -0.731. The minimum Gasteiger partial charge on any atom is -0.472 e. The molecule has 2 aromatic heterocycles. The second-order valence-corrected chi connectivity index (χ2v) is 22.0. The number of nitrogen functional groups attached to an aromatic ring is 1. The van der Waals surface area contributed by atoms with Crippen LogP contribution in [0.25, 0.3) is 21.5 Å². The molecule has 3 rings (SSSR count). The van der Waals surface area contributed by atoms with Gasteiger partial charge in [0.1, 0.15) is 16.9 Å². The Labute approximate surface area is 567 Å². The van der Waals surface area contributed by atoms with Crippen LogP contribution in [-0.4, -0.2) is 303 Å². The zero-order valence-electron chi connectivity index (χ0n) is 58.1. The molecule has 31 heteroatoms. The third kappa shape index (κ3) is 46.6. The van der Waals surface area contributed by atoms with Gasteiger partial charge in [0.15, 0.2) is 5.82 Å². The molecule has 0 aliphatic carbocycles. The number of hydrogen-bond acceptors (Lipinski definition) is 27. The number of rotatable bonds is 72. The molecular formula is C65H115N9O22. The van der Waals surface area contributed by atoms with Gasteiger partial charge in [0.25, 0.3) is 5.88 Å². The second kappa shape index (κ2) is 61.4. The predicted molar refractivity (Wildman–Crippen MR) is 356 cm³/mol. The van der Waals surface area contributed by atoms with E-state index in [-0.39, 0.29) is 24.4 Å². The Balaban J connectivity index is 0.941. The largest absolute Gasteiger partial charge is 0.472 e. The van der Waals surface area contributed by atoms with Crippen molar-refractivity contribution in [2.45, 2.75) is 73.1 Å². The van der Waals surface area contributed by atoms with Crippen molar-refractivity contribution in [2.75, 3.05) is 277 Å². The van der Waals surface area contributed by atoms with Crippen molar-refractivity contribution in [3.63, 3.8) is 0 Å². The predicted octanol–water partition coefficient (Wildman–Crippen LogP) is 4.87. The summed E-state index contributed by atoms with van der Waals surface area (Å²) in [6.45, 7) is 29.3. The zero-order chi connectivity index (χ0) is 68.7. The van der Waals surface area contributed by atoms with E-state index in [9.17, 15) is 4.79 Å². The van der Waals surface area contributed by atoms with Crippen LogP contribution in [0.3, 0.4) is 0 Å². The van der Waals surface area contributed by atoms with E-state index in [4.69, 9.17) is 116 Å². The molecule has 0 aliphatic rings. The molecule has 0 unspecified atom stereocenters. The van der Waals surface area contributed by atoms with Gasteiger partial charge in [-0.3, -0.25) is 4.79 Å². The molecule has 0 radical (unpaired) electrons. The molecule has 1 aromatic carbocycles. The lowest BCUT2D eigenvalue weighted by atomic mass is 9.93. The number of amides is 1. The fourth-order valence-corrected chi connectivity index (χ4v) is 8.18. The summed E-state index contributed by atoms with van der Waals surface area (Å²) in [6.07, 6.45) is 2.72. The molecule has 0 aliphatic heterocycles. The van der Waals surface area contributed by atoms with Crippen LogP contribution in [0.15, 0.2) is 29.4 Å². The number of anilines is 1. The van der Waals surface area contributed by atoms with Gasteiger partial charge in [-0.2, -0.15) is 0 Å². The quantitative estimate of drug-likeness (QED) is 0.0329. The van der Waals surface area contributed by atoms with Gasteiger partial charge in [0, 0.05) is 31.0 Å². The molecule has 0 saturated heterocycles. The standard InChI is InChI=1S/C65H115N9O22/c1-6-7-8-59-70-60-61(63(96-56(2)3)72-71-62(60)66)74(59)54-58-11-9-57(10-12-58)53-68-64(75)65(4,5)55-95-52-51-94-50-49-93-48-47-92-46-45-91-44-43-90-42-41-89-40-39-88-38-37-87-36-35-86-34-33-85-32-31-84-30-29-83-28-27-82-26-25-81-24-23-80-22-21-79-20-19-78-18-17-77-16-15-76-14-13-69-73-67/h9-12,56H,6-8,13-55H2,1-5H3,(H2,66,71)(H,68,75). The zero-order valence-corrected chi connectivity index (χ0v) is 58.1. The van der Waals surface area contributed by atoms with E-state index in [0.717, 1.165) is 41.7 Å². The van der Waals surface area contributed by atoms with Gasteiger partial charge >= 0.3 is 0 Å². The highest BCUT2D eigenvalue weighted by molar-refractivity contribution is 5.88. The number of ether oxygens (including phenoxy) is 21. The molecule has 552 valence electrons. The first-order chi connectivity index (χ1) is 47.2. The highest BCUT2D eigenvalue weighted by Crippen LogP contribution is 2.30. The van der Waals surface area contributed by atoms with Crippen LogP contribution >= 0.6 is 0 Å². The molecule has 0 atom stereocenters. The molecule has 3 aromatic rings. The van der Waals surface area contributed by atoms with Gasteiger partial charge < -0.3 is 115 Å². The first kappa shape index (κ1) is 85.6. The number of imidazole rings is 1. The summed E-state index contributed by atoms with van der Waals surface area (Å²) in [4.78, 5) is 20.7. The van der Waals surface area contributed by atoms with Gasteiger partial charge in [0.05, 0.1) is 276 Å². The van der Waals surface area contributed by atoms with Gasteiger partial charge in [-0.05, 0) is 50.8 Å². The number of benzene rings is 1. The van der Waals surface area contributed by atoms with Crippen molar-refractivity contribution in [3.8, 4) is 5.88 Å². The normalized spacial score (nSPS) is 11.8. The highest BCUT2D eigenvalue weighted by Gasteiger charge is 2.28. The number of hydrogen-bond donors (Lipinski definition) is 2. The van der Waals surface area contributed by atoms with E-state index in [1.165, 1.54) is 0 Å². The number of carbonyl (C=O) groups is 1. The molecule has 3 N–H and O–H groups in total. The molecule has 0 spiro atoms. The second-order valence-electron chi connectivity index (χ2n) is 22.0. The smallest absolute Gasteiger partial charge is 0.260 e. The number of fused-ring (bicyclic) bond motifs is 1. The average molecular weight is 1370 g/mol. The Morgan fingerprint density at radius 1 is 0.500 bits per heavy atom. The monoisotopic (exact) mass is 1370 g/mol. The van der Waals surface area contributed by atoms with Gasteiger partial charge in [-0.15, -0.1) is 10.2 Å². The molecule has 2 heterocycles. The number of nitrogens with one attached hydrogen (secondary N) is 1. The van der Waals surface area contributed by atoms with E-state index in [1.54, 1.807) is 0 Å². The summed E-state index contributed by atoms with van der Waals surface area (Å²) in [5.74, 6) is 1.51. The lowest BCUT2D eigenvalue weighted by Gasteiger charge is -2.23. The van der Waals surface area contributed by atoms with Crippen molar-refractivity contribution in [1.82, 2.24) is 25.1 Å². The summed E-state index contributed by atoms with van der Waals surface area (Å²) < 4.78 is 119. The number of azide groups is 1. The topological polar surface area (TPSA) is 341 Å². The molecular weight excluding hydrogens is 1260 g/mol. The van der Waals surface area contributed by atoms with Crippen LogP contribution in [0.5, 0.6) is 5.88 Å². The molecule has 0 fully saturated rings. The van der Waals surface area contributed by atoms with Crippen molar-refractivity contribution in [2.24, 2.45) is 10.5 Å². The van der Waals surface area contributed by atoms with Gasteiger partial charge in [-0.25, -0.2) is 4.98 Å². The average Bonchev–Trinajstić information content (AvgIpc) is 1.62. The SMILES string of the molecule is CCCCc1nc2c(N)nnc(OC(C)C)c2n1Cc1ccc(CNC(=O)C(C)(C)COCCOCCOCCOCCOCCOCCOCCOCCOCCOCCOCCOCCOCCOCCOCCOCCOCCOCCOCCOCCN=[N+]=[N-])cc1. The Morgan fingerprint density at radius 2 is 0.812 bits per heavy atom. The summed E-state index contributed by atoms with van der Waals surface area (Å²) in [6, 6.07) is 8.16. The summed E-state index contributed by atoms with van der Waals surface area (Å²) in [5, 5.41) is 14.8. The third-order valence-corrected chi connectivity index (χ3v) is 13.2. The maximum atomic E-state index is 13.1. The lowest BCUT2D eigenvalue weighted by Crippen LogP contribution is -2.39. The summed E-state index contributed by atoms with van der Waals surface area (Å²) >= 11 is 0. The minimum absolute atomic E-state index is 0.0897. The van der Waals surface area contributed by atoms with Crippen molar-refractivity contribution in [3.05, 3.63) is 51.7 Å². The van der Waals surface area contributed by atoms with Gasteiger partial charge in [-0.1, -0.05) is 42.7 Å². The van der Waals surface area contributed by atoms with Crippen molar-refractivity contribution >= 4 is 22.8 Å². The molecule has 96 heavy (non-hydrogen) atoms. The van der Waals surface area contributed by atoms with E-state index in [0.29, 0.717) is 289 Å². The van der Waals surface area contributed by atoms with E-state index in [1.807, 2.05) is 39.8 Å². The maximum Gasteiger partial charge on any atom is 0.260 e. The highest BCUT2D eigenvalue weighted by atomic mass is 16.6. The fraction of sp³-hybridized carbons (Fsp3) is 0.815. The summed E-state index contributed by atoms with van der Waals surface area (Å²) in [7, 11) is 0. The van der Waals surface area contributed by atoms with Crippen molar-refractivity contribution in [1.29, 1.82) is 0 Å². The molecule has 0 bridgehead atoms. The van der Waals surface area contributed by atoms with Crippen LogP contribution in [0, 0.1) is 5.41 Å². The number of unbranched alkanes of at least 4 members (excludes halogenated alkanes) is 1. The van der Waals surface area contributed by atoms with Crippen LogP contribution in [0.2, 0.25) is 0 Å². The molecule has 1 amide bonds. The number of nitrogens with zero attached hydrogens (tertiary/aromatic N) is 7. The number of aromatic nitrogens is 4. The Bertz CT molecular complexity index is 2330. The Kier molecular flexibility index (Phi) is 54.8. The first-order valence-corrected chi connectivity index (χ1v) is 33.8. The van der Waals surface area contributed by atoms with E-state index < -0.39 is 5.41 Å². The number of nitrogens with two attached hydrogens (primary N) is 1. The van der Waals surface area contributed by atoms with Gasteiger partial charge in [0.2, 0.25) is 5.91 Å². The molecule has 0 saturated carbocycles. The number of aryl methyl sites for hydroxylation is 1. The van der Waals surface area contributed by atoms with Crippen LogP contribution < -0.4 is 15.8 Å². The van der Waals surface area contributed by atoms with E-state index in [2.05, 4.69) is 49.2 Å². The molecule has 31 nitrogen and oxygen atoms in total. The lowest BCUT2D eigenvalue weighted by molar-refractivity contribution is -0.133. The summed E-state index contributed by atoms with van der Waals surface area (Å²) in [5.41, 5.74) is 17.1. The Hall–Kier alpha value is -4.65. The van der Waals surface area contributed by atoms with Crippen LogP contribution in [0.1, 0.15) is 64.4 Å². The fourth-order valence-electron chi connectivity index (χ4n) is 8.18. The number of carbonyl (C=O) groups excluding carboxylic acids is 1. The Morgan fingerprint density at radius 3 is 1.12 bits per heavy atom. The van der Waals surface area contributed by atoms with Crippen LogP contribution in [-0.2, 0) is 119 Å². The van der Waals surface area contributed by atoms with E-state index >= 15 is 0 Å². The first-order valence-electron chi connectivity index (χ1n) is 33.8.